The van der Waals surface area contributed by atoms with Crippen molar-refractivity contribution < 1.29 is 4.74 Å². The monoisotopic (exact) mass is 448 g/mol. The zero-order valence-corrected chi connectivity index (χ0v) is 18.0. The van der Waals surface area contributed by atoms with Crippen molar-refractivity contribution in [1.29, 1.82) is 0 Å². The summed E-state index contributed by atoms with van der Waals surface area (Å²) in [5, 5.41) is 4.49. The zero-order chi connectivity index (χ0) is 18.8. The molecule has 1 unspecified atom stereocenters. The number of nitrogens with one attached hydrogen (secondary N) is 1. The molecule has 1 N–H and O–H groups in total. The van der Waals surface area contributed by atoms with E-state index < -0.39 is 0 Å². The van der Waals surface area contributed by atoms with Gasteiger partial charge in [-0.2, -0.15) is 0 Å². The average Bonchev–Trinajstić information content (AvgIpc) is 2.83. The largest absolute Gasteiger partial charge is 0.385 e. The van der Waals surface area contributed by atoms with Crippen LogP contribution in [0.1, 0.15) is 34.7 Å². The van der Waals surface area contributed by atoms with Gasteiger partial charge in [0.25, 0.3) is 0 Å². The first-order valence-corrected chi connectivity index (χ1v) is 10.9. The first kappa shape index (κ1) is 19.4. The molecule has 0 spiro atoms. The van der Waals surface area contributed by atoms with Crippen molar-refractivity contribution in [1.82, 2.24) is 10.2 Å². The van der Waals surface area contributed by atoms with Crippen LogP contribution in [0, 0.1) is 0 Å². The summed E-state index contributed by atoms with van der Waals surface area (Å²) >= 11 is 9.99. The maximum Gasteiger partial charge on any atom is 0.0608 e. The Balaban J connectivity index is 1.73. The molecule has 2 aliphatic rings. The highest BCUT2D eigenvalue weighted by molar-refractivity contribution is 9.10. The van der Waals surface area contributed by atoms with Crippen LogP contribution in [-0.4, -0.2) is 44.3 Å². The van der Waals surface area contributed by atoms with E-state index in [-0.39, 0.29) is 6.04 Å². The first-order chi connectivity index (χ1) is 13.2. The fraction of sp³-hybridized carbons (Fsp3) is 0.455. The lowest BCUT2D eigenvalue weighted by atomic mass is 9.92. The SMILES string of the molecule is COCC[C@H]1CN(C2c3ccc(Cl)cc3CCc3cc(Br)ccc32)CCN1. The summed E-state index contributed by atoms with van der Waals surface area (Å²) in [6.07, 6.45) is 3.13. The molecule has 27 heavy (non-hydrogen) atoms. The molecule has 1 fully saturated rings. The van der Waals surface area contributed by atoms with Gasteiger partial charge in [-0.3, -0.25) is 4.90 Å². The van der Waals surface area contributed by atoms with Gasteiger partial charge in [0, 0.05) is 48.9 Å². The number of fused-ring (bicyclic) bond motifs is 2. The Hall–Kier alpha value is -0.910. The summed E-state index contributed by atoms with van der Waals surface area (Å²) in [7, 11) is 1.78. The Bertz CT molecular complexity index is 759. The van der Waals surface area contributed by atoms with Crippen molar-refractivity contribution in [3.05, 3.63) is 68.1 Å². The van der Waals surface area contributed by atoms with Crippen molar-refractivity contribution >= 4 is 27.5 Å². The highest BCUT2D eigenvalue weighted by Gasteiger charge is 2.32. The minimum Gasteiger partial charge on any atom is -0.385 e. The predicted molar refractivity (Wildman–Crippen MR) is 115 cm³/mol. The smallest absolute Gasteiger partial charge is 0.0608 e. The van der Waals surface area contributed by atoms with Gasteiger partial charge in [-0.25, -0.2) is 0 Å². The van der Waals surface area contributed by atoms with E-state index >= 15 is 0 Å². The normalized spacial score (nSPS) is 22.8. The molecule has 2 aromatic carbocycles. The minimum atomic E-state index is 0.287. The summed E-state index contributed by atoms with van der Waals surface area (Å²) in [5.74, 6) is 0. The van der Waals surface area contributed by atoms with E-state index in [1.165, 1.54) is 22.3 Å². The first-order valence-electron chi connectivity index (χ1n) is 9.68. The van der Waals surface area contributed by atoms with Crippen LogP contribution >= 0.6 is 27.5 Å². The lowest BCUT2D eigenvalue weighted by Crippen LogP contribution is -2.52. The molecular weight excluding hydrogens is 424 g/mol. The number of hydrogen-bond donors (Lipinski definition) is 1. The van der Waals surface area contributed by atoms with Crippen LogP contribution in [0.2, 0.25) is 5.02 Å². The second-order valence-electron chi connectivity index (χ2n) is 7.52. The van der Waals surface area contributed by atoms with Crippen molar-refractivity contribution in [3.8, 4) is 0 Å². The van der Waals surface area contributed by atoms with E-state index in [1.807, 2.05) is 6.07 Å². The van der Waals surface area contributed by atoms with Crippen molar-refractivity contribution in [2.45, 2.75) is 31.3 Å². The third kappa shape index (κ3) is 4.25. The number of aryl methyl sites for hydroxylation is 2. The van der Waals surface area contributed by atoms with Crippen LogP contribution in [-0.2, 0) is 17.6 Å². The molecular formula is C22H26BrClN2O. The number of hydrogen-bond acceptors (Lipinski definition) is 3. The summed E-state index contributed by atoms with van der Waals surface area (Å²) in [5.41, 5.74) is 5.67. The number of piperazine rings is 1. The number of halogens is 2. The third-order valence-corrected chi connectivity index (χ3v) is 6.51. The Kier molecular flexibility index (Phi) is 6.20. The second kappa shape index (κ2) is 8.62. The van der Waals surface area contributed by atoms with Gasteiger partial charge in [0.05, 0.1) is 6.04 Å². The Morgan fingerprint density at radius 2 is 1.89 bits per heavy atom. The molecule has 3 nitrogen and oxygen atoms in total. The van der Waals surface area contributed by atoms with Gasteiger partial charge in [0.1, 0.15) is 0 Å². The third-order valence-electron chi connectivity index (χ3n) is 5.79. The molecule has 0 bridgehead atoms. The number of methoxy groups -OCH3 is 1. The van der Waals surface area contributed by atoms with E-state index in [0.29, 0.717) is 6.04 Å². The summed E-state index contributed by atoms with van der Waals surface area (Å²) in [6.45, 7) is 3.89. The number of ether oxygens (including phenoxy) is 1. The van der Waals surface area contributed by atoms with E-state index in [9.17, 15) is 0 Å². The molecule has 1 heterocycles. The summed E-state index contributed by atoms with van der Waals surface area (Å²) < 4.78 is 6.46. The van der Waals surface area contributed by atoms with Crippen LogP contribution in [0.25, 0.3) is 0 Å². The van der Waals surface area contributed by atoms with Crippen LogP contribution in [0.3, 0.4) is 0 Å². The molecule has 5 heteroatoms. The standard InChI is InChI=1S/C22H26BrClN2O/c1-27-11-8-19-14-26(10-9-25-19)22-20-6-4-17(23)12-15(20)2-3-16-13-18(24)5-7-21(16)22/h4-7,12-13,19,22,25H,2-3,8-11,14H2,1H3/t19-,22?/m0/s1. The predicted octanol–water partition coefficient (Wildman–Crippen LogP) is 4.60. The lowest BCUT2D eigenvalue weighted by molar-refractivity contribution is 0.130. The van der Waals surface area contributed by atoms with Crippen molar-refractivity contribution in [2.24, 2.45) is 0 Å². The van der Waals surface area contributed by atoms with Gasteiger partial charge in [-0.15, -0.1) is 0 Å². The number of nitrogens with zero attached hydrogens (tertiary/aromatic N) is 1. The molecule has 1 aliphatic heterocycles. The van der Waals surface area contributed by atoms with Crippen LogP contribution in [0.5, 0.6) is 0 Å². The maximum absolute atomic E-state index is 6.34. The molecule has 0 amide bonds. The van der Waals surface area contributed by atoms with Crippen LogP contribution in [0.4, 0.5) is 0 Å². The van der Waals surface area contributed by atoms with E-state index in [4.69, 9.17) is 16.3 Å². The van der Waals surface area contributed by atoms with Crippen LogP contribution < -0.4 is 5.32 Å². The molecule has 2 atom stereocenters. The average molecular weight is 450 g/mol. The molecule has 2 aromatic rings. The van der Waals surface area contributed by atoms with Crippen molar-refractivity contribution in [3.63, 3.8) is 0 Å². The number of rotatable bonds is 4. The summed E-state index contributed by atoms with van der Waals surface area (Å²) in [4.78, 5) is 2.64. The van der Waals surface area contributed by atoms with E-state index in [0.717, 1.165) is 55.0 Å². The zero-order valence-electron chi connectivity index (χ0n) is 15.7. The quantitative estimate of drug-likeness (QED) is 0.738. The molecule has 4 rings (SSSR count). The Labute approximate surface area is 175 Å². The van der Waals surface area contributed by atoms with E-state index in [1.54, 1.807) is 7.11 Å². The highest BCUT2D eigenvalue weighted by atomic mass is 79.9. The van der Waals surface area contributed by atoms with Crippen LogP contribution in [0.15, 0.2) is 40.9 Å². The fourth-order valence-corrected chi connectivity index (χ4v) is 5.09. The molecule has 1 aliphatic carbocycles. The molecule has 1 saturated heterocycles. The highest BCUT2D eigenvalue weighted by Crippen LogP contribution is 2.39. The molecule has 0 aromatic heterocycles. The topological polar surface area (TPSA) is 24.5 Å². The number of benzene rings is 2. The maximum atomic E-state index is 6.34. The minimum absolute atomic E-state index is 0.287. The summed E-state index contributed by atoms with van der Waals surface area (Å²) in [6, 6.07) is 14.0. The van der Waals surface area contributed by atoms with E-state index in [2.05, 4.69) is 56.5 Å². The van der Waals surface area contributed by atoms with Crippen molar-refractivity contribution in [2.75, 3.05) is 33.4 Å². The lowest BCUT2D eigenvalue weighted by Gasteiger charge is -2.40. The van der Waals surface area contributed by atoms with Gasteiger partial charge in [0.2, 0.25) is 0 Å². The second-order valence-corrected chi connectivity index (χ2v) is 8.87. The Morgan fingerprint density at radius 3 is 2.67 bits per heavy atom. The Morgan fingerprint density at radius 1 is 1.15 bits per heavy atom. The molecule has 0 radical (unpaired) electrons. The molecule has 0 saturated carbocycles. The van der Waals surface area contributed by atoms with Gasteiger partial charge >= 0.3 is 0 Å². The van der Waals surface area contributed by atoms with Gasteiger partial charge in [-0.05, 0) is 65.8 Å². The van der Waals surface area contributed by atoms with Gasteiger partial charge < -0.3 is 10.1 Å². The van der Waals surface area contributed by atoms with Gasteiger partial charge in [-0.1, -0.05) is 39.7 Å². The van der Waals surface area contributed by atoms with Gasteiger partial charge in [0.15, 0.2) is 0 Å². The molecule has 144 valence electrons. The fourth-order valence-electron chi connectivity index (χ4n) is 4.48.